The van der Waals surface area contributed by atoms with Crippen molar-refractivity contribution >= 4 is 28.4 Å². The summed E-state index contributed by atoms with van der Waals surface area (Å²) >= 11 is 0. The van der Waals surface area contributed by atoms with Crippen molar-refractivity contribution in [3.05, 3.63) is 64.6 Å². The molecule has 1 aromatic heterocycles. The van der Waals surface area contributed by atoms with E-state index in [1.165, 1.54) is 28.4 Å². The van der Waals surface area contributed by atoms with E-state index in [9.17, 15) is 4.79 Å². The van der Waals surface area contributed by atoms with Crippen molar-refractivity contribution in [3.63, 3.8) is 0 Å². The molecule has 238 valence electrons. The van der Waals surface area contributed by atoms with Crippen LogP contribution in [0.1, 0.15) is 50.4 Å². The fourth-order valence-electron chi connectivity index (χ4n) is 6.92. The highest BCUT2D eigenvalue weighted by molar-refractivity contribution is 5.97. The van der Waals surface area contributed by atoms with Gasteiger partial charge in [0.15, 0.2) is 0 Å². The number of aryl methyl sites for hydroxylation is 1. The molecule has 0 saturated carbocycles. The number of fused-ring (bicyclic) bond motifs is 2. The summed E-state index contributed by atoms with van der Waals surface area (Å²) in [6.45, 7) is 20.3. The van der Waals surface area contributed by atoms with E-state index in [0.29, 0.717) is 44.8 Å². The zero-order valence-corrected chi connectivity index (χ0v) is 27.3. The van der Waals surface area contributed by atoms with Crippen molar-refractivity contribution < 1.29 is 14.3 Å². The summed E-state index contributed by atoms with van der Waals surface area (Å²) in [5.41, 5.74) is 3.98. The van der Waals surface area contributed by atoms with Crippen LogP contribution in [-0.2, 0) is 17.7 Å². The monoisotopic (exact) mass is 611 g/mol. The average Bonchev–Trinajstić information content (AvgIpc) is 3.42. The highest BCUT2D eigenvalue weighted by atomic mass is 16.6. The van der Waals surface area contributed by atoms with Gasteiger partial charge in [0, 0.05) is 48.9 Å². The van der Waals surface area contributed by atoms with E-state index >= 15 is 0 Å². The lowest BCUT2D eigenvalue weighted by molar-refractivity contribution is 0.0155. The molecule has 1 amide bonds. The lowest BCUT2D eigenvalue weighted by atomic mass is 9.99. The highest BCUT2D eigenvalue weighted by Crippen LogP contribution is 2.36. The van der Waals surface area contributed by atoms with Crippen molar-refractivity contribution in [2.24, 2.45) is 0 Å². The van der Waals surface area contributed by atoms with Gasteiger partial charge >= 0.3 is 12.1 Å². The fraction of sp³-hybridized carbons (Fsp3) is 0.543. The van der Waals surface area contributed by atoms with Crippen molar-refractivity contribution in [2.75, 3.05) is 62.7 Å². The molecule has 3 aliphatic rings. The maximum Gasteiger partial charge on any atom is 0.410 e. The van der Waals surface area contributed by atoms with Crippen LogP contribution in [0.2, 0.25) is 0 Å². The molecule has 6 rings (SSSR count). The molecule has 0 bridgehead atoms. The smallest absolute Gasteiger partial charge is 0.410 e. The van der Waals surface area contributed by atoms with E-state index in [4.69, 9.17) is 26.0 Å². The third-order valence-corrected chi connectivity index (χ3v) is 9.24. The van der Waals surface area contributed by atoms with Crippen molar-refractivity contribution in [1.82, 2.24) is 19.8 Å². The predicted molar refractivity (Wildman–Crippen MR) is 177 cm³/mol. The minimum absolute atomic E-state index is 0.203. The minimum atomic E-state index is -0.600. The first-order valence-electron chi connectivity index (χ1n) is 16.1. The molecule has 0 N–H and O–H groups in total. The predicted octanol–water partition coefficient (Wildman–Crippen LogP) is 5.32. The zero-order chi connectivity index (χ0) is 31.7. The Bertz CT molecular complexity index is 1590. The van der Waals surface area contributed by atoms with E-state index < -0.39 is 5.60 Å². The van der Waals surface area contributed by atoms with Crippen LogP contribution in [0, 0.1) is 13.5 Å². The van der Waals surface area contributed by atoms with Crippen molar-refractivity contribution in [1.29, 1.82) is 0 Å². The summed E-state index contributed by atoms with van der Waals surface area (Å²) in [6, 6.07) is 13.4. The number of anilines is 2. The molecular weight excluding hydrogens is 566 g/mol. The van der Waals surface area contributed by atoms with Gasteiger partial charge in [-0.05, 0) is 77.6 Å². The van der Waals surface area contributed by atoms with E-state index in [1.807, 2.05) is 20.8 Å². The van der Waals surface area contributed by atoms with Crippen LogP contribution in [0.3, 0.4) is 0 Å². The van der Waals surface area contributed by atoms with Gasteiger partial charge in [-0.2, -0.15) is 9.97 Å². The lowest BCUT2D eigenvalue weighted by Crippen LogP contribution is -2.57. The van der Waals surface area contributed by atoms with Gasteiger partial charge in [-0.1, -0.05) is 30.3 Å². The number of nitrogens with zero attached hydrogens (tertiary/aromatic N) is 7. The normalized spacial score (nSPS) is 20.7. The van der Waals surface area contributed by atoms with Gasteiger partial charge in [-0.3, -0.25) is 4.90 Å². The number of hydrogen-bond acceptors (Lipinski definition) is 8. The first-order valence-corrected chi connectivity index (χ1v) is 16.1. The minimum Gasteiger partial charge on any atom is -0.462 e. The largest absolute Gasteiger partial charge is 0.462 e. The molecular formula is C35H45N7O3. The quantitative estimate of drug-likeness (QED) is 0.347. The second-order valence-electron chi connectivity index (χ2n) is 13.6. The molecule has 45 heavy (non-hydrogen) atoms. The van der Waals surface area contributed by atoms with Gasteiger partial charge in [-0.25, -0.2) is 11.4 Å². The number of aromatic nitrogens is 2. The van der Waals surface area contributed by atoms with E-state index in [2.05, 4.69) is 69.9 Å². The Morgan fingerprint density at radius 1 is 1.04 bits per heavy atom. The molecule has 4 heterocycles. The Morgan fingerprint density at radius 3 is 2.58 bits per heavy atom. The van der Waals surface area contributed by atoms with E-state index in [0.717, 1.165) is 43.0 Å². The molecule has 10 nitrogen and oxygen atoms in total. The number of rotatable bonds is 6. The van der Waals surface area contributed by atoms with Crippen LogP contribution in [0.25, 0.3) is 15.6 Å². The van der Waals surface area contributed by atoms with Gasteiger partial charge in [-0.15, -0.1) is 0 Å². The average molecular weight is 612 g/mol. The fourth-order valence-corrected chi connectivity index (χ4v) is 6.92. The third-order valence-electron chi connectivity index (χ3n) is 9.24. The summed E-state index contributed by atoms with van der Waals surface area (Å²) in [4.78, 5) is 35.5. The van der Waals surface area contributed by atoms with Crippen molar-refractivity contribution in [3.8, 4) is 6.01 Å². The first kappa shape index (κ1) is 30.9. The maximum absolute atomic E-state index is 13.1. The number of piperazine rings is 1. The molecule has 3 aromatic rings. The molecule has 0 spiro atoms. The number of carbonyl (C=O) groups is 1. The Kier molecular flexibility index (Phi) is 8.74. The van der Waals surface area contributed by atoms with Crippen LogP contribution >= 0.6 is 0 Å². The standard InChI is InChI=1S/C35H45N7O3/c1-24-10-7-11-25-12-8-14-30(31(24)25)40-17-15-28-29(22-40)37-33(44-23-26-13-9-16-39(26)6)38-32(28)41-18-19-42(27(21-41)20-36-5)34(43)45-35(2,3)4/h7-8,10-12,14,26-27H,9,13,15-23H2,1-4,6H3/t26-,27+/m1/s1. The molecule has 2 saturated heterocycles. The molecule has 2 aromatic carbocycles. The first-order chi connectivity index (χ1) is 21.6. The Balaban J connectivity index is 1.32. The summed E-state index contributed by atoms with van der Waals surface area (Å²) in [6.07, 6.45) is 2.70. The number of likely N-dealkylation sites (N-methyl/N-ethyl adjacent to an activating group) is 1. The Morgan fingerprint density at radius 2 is 1.84 bits per heavy atom. The lowest BCUT2D eigenvalue weighted by Gasteiger charge is -2.41. The second-order valence-corrected chi connectivity index (χ2v) is 13.6. The van der Waals surface area contributed by atoms with Crippen LogP contribution in [0.4, 0.5) is 16.3 Å². The topological polar surface area (TPSA) is 78.6 Å². The molecule has 2 fully saturated rings. The Hall–Kier alpha value is -4.10. The van der Waals surface area contributed by atoms with Gasteiger partial charge in [0.25, 0.3) is 0 Å². The van der Waals surface area contributed by atoms with Crippen molar-refractivity contribution in [2.45, 2.75) is 71.2 Å². The molecule has 0 unspecified atom stereocenters. The Labute approximate surface area is 266 Å². The number of carbonyl (C=O) groups excluding carboxylic acids is 1. The van der Waals surface area contributed by atoms with Gasteiger partial charge < -0.3 is 29.0 Å². The van der Waals surface area contributed by atoms with Crippen LogP contribution in [-0.4, -0.2) is 96.5 Å². The van der Waals surface area contributed by atoms with Gasteiger partial charge in [0.05, 0.1) is 12.2 Å². The molecule has 0 radical (unpaired) electrons. The van der Waals surface area contributed by atoms with E-state index in [-0.39, 0.29) is 18.7 Å². The van der Waals surface area contributed by atoms with Crippen LogP contribution in [0.5, 0.6) is 6.01 Å². The second kappa shape index (κ2) is 12.7. The summed E-state index contributed by atoms with van der Waals surface area (Å²) < 4.78 is 12.0. The van der Waals surface area contributed by atoms with E-state index in [1.54, 1.807) is 4.90 Å². The number of benzene rings is 2. The SMILES string of the molecule is [C-]#[N+]C[C@H]1CN(c2nc(OC[C@H]3CCCN3C)nc3c2CCN(c2cccc4cccc(C)c24)C3)CCN1C(=O)OC(C)(C)C. The van der Waals surface area contributed by atoms with Crippen LogP contribution in [0.15, 0.2) is 36.4 Å². The molecule has 10 heteroatoms. The van der Waals surface area contributed by atoms with Gasteiger partial charge in [0.1, 0.15) is 24.1 Å². The molecule has 0 aliphatic carbocycles. The number of hydrogen-bond donors (Lipinski definition) is 0. The van der Waals surface area contributed by atoms with Crippen LogP contribution < -0.4 is 14.5 Å². The number of ether oxygens (including phenoxy) is 2. The summed E-state index contributed by atoms with van der Waals surface area (Å²) in [5.74, 6) is 0.863. The third kappa shape index (κ3) is 6.64. The summed E-state index contributed by atoms with van der Waals surface area (Å²) in [7, 11) is 2.14. The maximum atomic E-state index is 13.1. The number of amides is 1. The summed E-state index contributed by atoms with van der Waals surface area (Å²) in [5, 5.41) is 2.51. The van der Waals surface area contributed by atoms with Gasteiger partial charge in [0.2, 0.25) is 6.54 Å². The molecule has 2 atom stereocenters. The molecule has 3 aliphatic heterocycles. The highest BCUT2D eigenvalue weighted by Gasteiger charge is 2.37. The zero-order valence-electron chi connectivity index (χ0n) is 27.3. The number of likely N-dealkylation sites (tertiary alicyclic amines) is 1.